The van der Waals surface area contributed by atoms with E-state index in [1.807, 2.05) is 6.07 Å². The van der Waals surface area contributed by atoms with Crippen LogP contribution in [-0.2, 0) is 0 Å². The Balaban J connectivity index is 2.08. The molecule has 1 fully saturated rings. The zero-order valence-corrected chi connectivity index (χ0v) is 9.11. The lowest BCUT2D eigenvalue weighted by Gasteiger charge is -2.13. The van der Waals surface area contributed by atoms with E-state index in [4.69, 9.17) is 27.9 Å². The highest BCUT2D eigenvalue weighted by molar-refractivity contribution is 6.35. The average Bonchev–Trinajstić information content (AvgIpc) is 2.62. The fourth-order valence-corrected chi connectivity index (χ4v) is 1.93. The van der Waals surface area contributed by atoms with Crippen molar-refractivity contribution in [3.8, 4) is 5.75 Å². The highest BCUT2D eigenvalue weighted by Crippen LogP contribution is 2.28. The molecule has 0 aromatic heterocycles. The first kappa shape index (κ1) is 10.1. The second kappa shape index (κ2) is 4.39. The van der Waals surface area contributed by atoms with Gasteiger partial charge in [-0.25, -0.2) is 0 Å². The van der Waals surface area contributed by atoms with Gasteiger partial charge in [-0.3, -0.25) is 0 Å². The molecule has 1 unspecified atom stereocenters. The molecule has 2 nitrogen and oxygen atoms in total. The first-order chi connectivity index (χ1) is 6.75. The quantitative estimate of drug-likeness (QED) is 0.846. The van der Waals surface area contributed by atoms with Crippen molar-refractivity contribution in [3.63, 3.8) is 0 Å². The van der Waals surface area contributed by atoms with Crippen LogP contribution in [0, 0.1) is 0 Å². The summed E-state index contributed by atoms with van der Waals surface area (Å²) in [5.41, 5.74) is 0. The molecular formula is C10H11Cl2NO. The van der Waals surface area contributed by atoms with Gasteiger partial charge in [0.05, 0.1) is 5.02 Å². The van der Waals surface area contributed by atoms with E-state index >= 15 is 0 Å². The largest absolute Gasteiger partial charge is 0.487 e. The van der Waals surface area contributed by atoms with E-state index in [0.29, 0.717) is 15.8 Å². The van der Waals surface area contributed by atoms with E-state index in [1.54, 1.807) is 12.1 Å². The lowest BCUT2D eigenvalue weighted by Crippen LogP contribution is -2.19. The van der Waals surface area contributed by atoms with Gasteiger partial charge in [-0.15, -0.1) is 0 Å². The molecule has 4 heteroatoms. The molecule has 1 aromatic rings. The van der Waals surface area contributed by atoms with Crippen LogP contribution < -0.4 is 10.1 Å². The summed E-state index contributed by atoms with van der Waals surface area (Å²) in [6.45, 7) is 1.90. The summed E-state index contributed by atoms with van der Waals surface area (Å²) in [4.78, 5) is 0. The number of hydrogen-bond donors (Lipinski definition) is 1. The summed E-state index contributed by atoms with van der Waals surface area (Å²) in [6, 6.07) is 5.29. The van der Waals surface area contributed by atoms with Gasteiger partial charge in [-0.2, -0.15) is 0 Å². The van der Waals surface area contributed by atoms with Gasteiger partial charge < -0.3 is 10.1 Å². The van der Waals surface area contributed by atoms with Crippen LogP contribution in [-0.4, -0.2) is 19.2 Å². The molecule has 0 saturated carbocycles. The van der Waals surface area contributed by atoms with E-state index in [0.717, 1.165) is 19.5 Å². The molecule has 0 bridgehead atoms. The smallest absolute Gasteiger partial charge is 0.138 e. The first-order valence-electron chi connectivity index (χ1n) is 4.58. The van der Waals surface area contributed by atoms with Gasteiger partial charge >= 0.3 is 0 Å². The molecule has 1 N–H and O–H groups in total. The van der Waals surface area contributed by atoms with Gasteiger partial charge in [0.25, 0.3) is 0 Å². The predicted octanol–water partition coefficient (Wildman–Crippen LogP) is 2.73. The van der Waals surface area contributed by atoms with Gasteiger partial charge in [-0.05, 0) is 31.2 Å². The Morgan fingerprint density at radius 1 is 1.36 bits per heavy atom. The summed E-state index contributed by atoms with van der Waals surface area (Å²) in [6.07, 6.45) is 1.26. The molecule has 1 aliphatic rings. The summed E-state index contributed by atoms with van der Waals surface area (Å²) < 4.78 is 5.71. The van der Waals surface area contributed by atoms with Gasteiger partial charge in [0.2, 0.25) is 0 Å². The molecule has 0 aliphatic carbocycles. The van der Waals surface area contributed by atoms with Crippen LogP contribution in [0.2, 0.25) is 10.0 Å². The van der Waals surface area contributed by atoms with E-state index in [9.17, 15) is 0 Å². The Bertz CT molecular complexity index is 324. The fourth-order valence-electron chi connectivity index (χ4n) is 1.48. The lowest BCUT2D eigenvalue weighted by molar-refractivity contribution is 0.223. The van der Waals surface area contributed by atoms with E-state index < -0.39 is 0 Å². The van der Waals surface area contributed by atoms with Gasteiger partial charge in [0.1, 0.15) is 11.9 Å². The van der Waals surface area contributed by atoms with Crippen molar-refractivity contribution in [1.82, 2.24) is 5.32 Å². The van der Waals surface area contributed by atoms with Crippen LogP contribution >= 0.6 is 23.2 Å². The zero-order chi connectivity index (χ0) is 9.97. The van der Waals surface area contributed by atoms with E-state index in [-0.39, 0.29) is 6.10 Å². The first-order valence-corrected chi connectivity index (χ1v) is 5.34. The van der Waals surface area contributed by atoms with Crippen molar-refractivity contribution in [1.29, 1.82) is 0 Å². The molecule has 1 heterocycles. The SMILES string of the molecule is Clc1ccc(OC2CCNC2)c(Cl)c1. The van der Waals surface area contributed by atoms with Crippen LogP contribution in [0.5, 0.6) is 5.75 Å². The third kappa shape index (κ3) is 2.32. The Morgan fingerprint density at radius 3 is 2.86 bits per heavy atom. The average molecular weight is 232 g/mol. The van der Waals surface area contributed by atoms with E-state index in [2.05, 4.69) is 5.32 Å². The van der Waals surface area contributed by atoms with Crippen molar-refractivity contribution in [2.45, 2.75) is 12.5 Å². The summed E-state index contributed by atoms with van der Waals surface area (Å²) in [5.74, 6) is 0.713. The Labute approximate surface area is 93.2 Å². The predicted molar refractivity (Wildman–Crippen MR) is 58.4 cm³/mol. The maximum absolute atomic E-state index is 5.98. The zero-order valence-electron chi connectivity index (χ0n) is 7.59. The Kier molecular flexibility index (Phi) is 3.16. The molecule has 14 heavy (non-hydrogen) atoms. The molecule has 2 rings (SSSR count). The van der Waals surface area contributed by atoms with Gasteiger partial charge in [0.15, 0.2) is 0 Å². The summed E-state index contributed by atoms with van der Waals surface area (Å²) in [7, 11) is 0. The molecule has 1 atom stereocenters. The van der Waals surface area contributed by atoms with Crippen molar-refractivity contribution >= 4 is 23.2 Å². The molecule has 0 radical (unpaired) electrons. The summed E-state index contributed by atoms with van der Waals surface area (Å²) >= 11 is 11.8. The van der Waals surface area contributed by atoms with Crippen molar-refractivity contribution in [2.24, 2.45) is 0 Å². The highest BCUT2D eigenvalue weighted by atomic mass is 35.5. The standard InChI is InChI=1S/C10H11Cl2NO/c11-7-1-2-10(9(12)5-7)14-8-3-4-13-6-8/h1-2,5,8,13H,3-4,6H2. The normalized spacial score (nSPS) is 21.1. The second-order valence-corrected chi connectivity index (χ2v) is 4.15. The second-order valence-electron chi connectivity index (χ2n) is 3.31. The van der Waals surface area contributed by atoms with Gasteiger partial charge in [0, 0.05) is 11.6 Å². The summed E-state index contributed by atoms with van der Waals surface area (Å²) in [5, 5.41) is 4.43. The van der Waals surface area contributed by atoms with Crippen LogP contribution in [0.1, 0.15) is 6.42 Å². The third-order valence-corrected chi connectivity index (χ3v) is 2.73. The molecule has 1 saturated heterocycles. The number of benzene rings is 1. The van der Waals surface area contributed by atoms with Crippen molar-refractivity contribution in [3.05, 3.63) is 28.2 Å². The minimum atomic E-state index is 0.230. The maximum atomic E-state index is 5.98. The number of hydrogen-bond acceptors (Lipinski definition) is 2. The Morgan fingerprint density at radius 2 is 2.21 bits per heavy atom. The van der Waals surface area contributed by atoms with Crippen LogP contribution in [0.4, 0.5) is 0 Å². The van der Waals surface area contributed by atoms with E-state index in [1.165, 1.54) is 0 Å². The number of halogens is 2. The molecule has 76 valence electrons. The number of rotatable bonds is 2. The number of ether oxygens (including phenoxy) is 1. The maximum Gasteiger partial charge on any atom is 0.138 e. The molecule has 0 amide bonds. The topological polar surface area (TPSA) is 21.3 Å². The number of nitrogens with one attached hydrogen (secondary N) is 1. The molecular weight excluding hydrogens is 221 g/mol. The Hall–Kier alpha value is -0.440. The highest BCUT2D eigenvalue weighted by Gasteiger charge is 2.16. The van der Waals surface area contributed by atoms with Crippen LogP contribution in [0.3, 0.4) is 0 Å². The monoisotopic (exact) mass is 231 g/mol. The van der Waals surface area contributed by atoms with Crippen LogP contribution in [0.15, 0.2) is 18.2 Å². The molecule has 1 aliphatic heterocycles. The fraction of sp³-hybridized carbons (Fsp3) is 0.400. The minimum Gasteiger partial charge on any atom is -0.487 e. The van der Waals surface area contributed by atoms with Gasteiger partial charge in [-0.1, -0.05) is 23.2 Å². The molecule has 1 aromatic carbocycles. The third-order valence-electron chi connectivity index (χ3n) is 2.20. The minimum absolute atomic E-state index is 0.230. The molecule has 0 spiro atoms. The van der Waals surface area contributed by atoms with Crippen molar-refractivity contribution < 1.29 is 4.74 Å². The van der Waals surface area contributed by atoms with Crippen LogP contribution in [0.25, 0.3) is 0 Å². The lowest BCUT2D eigenvalue weighted by atomic mass is 10.3. The van der Waals surface area contributed by atoms with Crippen molar-refractivity contribution in [2.75, 3.05) is 13.1 Å².